The number of nitrogens with zero attached hydrogens (tertiary/aromatic N) is 1. The number of methoxy groups -OCH3 is 1. The van der Waals surface area contributed by atoms with Crippen LogP contribution < -0.4 is 0 Å². The number of hydrogen-bond acceptors (Lipinski definition) is 7. The first kappa shape index (κ1) is 42.0. The lowest BCUT2D eigenvalue weighted by Crippen LogP contribution is -2.27. The minimum atomic E-state index is -0.288. The molecule has 4 aliphatic carbocycles. The second-order valence-electron chi connectivity index (χ2n) is 16.9. The van der Waals surface area contributed by atoms with Crippen molar-refractivity contribution < 1.29 is 28.8 Å². The van der Waals surface area contributed by atoms with Gasteiger partial charge in [0, 0.05) is 26.7 Å². The Morgan fingerprint density at radius 2 is 1.10 bits per heavy atom. The van der Waals surface area contributed by atoms with E-state index in [1.54, 1.807) is 7.11 Å². The van der Waals surface area contributed by atoms with E-state index >= 15 is 0 Å². The Hall–Kier alpha value is -0.730. The highest BCUT2D eigenvalue weighted by atomic mass is 16.7. The molecule has 0 saturated heterocycles. The molecular weight excluding hydrogens is 626 g/mol. The first-order valence-corrected chi connectivity index (χ1v) is 21.7. The Morgan fingerprint density at radius 3 is 1.60 bits per heavy atom. The first-order chi connectivity index (χ1) is 24.5. The maximum atomic E-state index is 12.7. The second-order valence-corrected chi connectivity index (χ2v) is 16.9. The van der Waals surface area contributed by atoms with Gasteiger partial charge in [0.15, 0.2) is 6.29 Å². The summed E-state index contributed by atoms with van der Waals surface area (Å²) in [5.41, 5.74) is 0. The Bertz CT molecular complexity index is 847. The molecule has 0 spiro atoms. The molecular formula is C43H79NO6. The van der Waals surface area contributed by atoms with Crippen LogP contribution in [0.2, 0.25) is 0 Å². The number of rotatable bonds is 35. The Kier molecular flexibility index (Phi) is 20.6. The quantitative estimate of drug-likeness (QED) is 0.0400. The molecule has 1 N–H and O–H groups in total. The van der Waals surface area contributed by atoms with Crippen LogP contribution in [0.3, 0.4) is 0 Å². The van der Waals surface area contributed by atoms with E-state index in [-0.39, 0.29) is 18.9 Å². The van der Waals surface area contributed by atoms with Crippen LogP contribution in [0.15, 0.2) is 0 Å². The van der Waals surface area contributed by atoms with Gasteiger partial charge in [0.1, 0.15) is 0 Å². The van der Waals surface area contributed by atoms with Crippen molar-refractivity contribution in [1.82, 2.24) is 4.90 Å². The summed E-state index contributed by atoms with van der Waals surface area (Å²) >= 11 is 0. The summed E-state index contributed by atoms with van der Waals surface area (Å²) in [6.07, 6.45) is 25.4. The number of ether oxygens (including phenoxy) is 4. The molecule has 50 heavy (non-hydrogen) atoms. The van der Waals surface area contributed by atoms with E-state index in [9.17, 15) is 9.90 Å². The Balaban J connectivity index is 1.04. The molecule has 0 aromatic carbocycles. The molecule has 0 bridgehead atoms. The fourth-order valence-electron chi connectivity index (χ4n) is 8.80. The maximum Gasteiger partial charge on any atom is 0.305 e. The Morgan fingerprint density at radius 1 is 0.620 bits per heavy atom. The third-order valence-electron chi connectivity index (χ3n) is 12.8. The summed E-state index contributed by atoms with van der Waals surface area (Å²) < 4.78 is 23.4. The molecule has 0 radical (unpaired) electrons. The predicted octanol–water partition coefficient (Wildman–Crippen LogP) is 9.44. The zero-order valence-electron chi connectivity index (χ0n) is 32.8. The van der Waals surface area contributed by atoms with Crippen LogP contribution >= 0.6 is 0 Å². The van der Waals surface area contributed by atoms with Gasteiger partial charge in [-0.25, -0.2) is 0 Å². The van der Waals surface area contributed by atoms with Crippen molar-refractivity contribution in [3.8, 4) is 0 Å². The average Bonchev–Trinajstić information content (AvgIpc) is 3.93. The van der Waals surface area contributed by atoms with Crippen molar-refractivity contribution in [3.63, 3.8) is 0 Å². The van der Waals surface area contributed by atoms with Crippen LogP contribution in [0.5, 0.6) is 0 Å². The summed E-state index contributed by atoms with van der Waals surface area (Å²) in [6.45, 7) is 11.2. The van der Waals surface area contributed by atoms with Gasteiger partial charge in [-0.05, 0) is 157 Å². The average molecular weight is 706 g/mol. The van der Waals surface area contributed by atoms with E-state index in [0.717, 1.165) is 138 Å². The molecule has 4 saturated carbocycles. The van der Waals surface area contributed by atoms with Crippen LogP contribution in [0.4, 0.5) is 0 Å². The molecule has 7 nitrogen and oxygen atoms in total. The lowest BCUT2D eigenvalue weighted by Gasteiger charge is -2.22. The normalized spacial score (nSPS) is 28.6. The van der Waals surface area contributed by atoms with Gasteiger partial charge in [0.25, 0.3) is 0 Å². The van der Waals surface area contributed by atoms with Crippen LogP contribution in [0.25, 0.3) is 0 Å². The molecule has 8 unspecified atom stereocenters. The minimum absolute atomic E-state index is 0.114. The lowest BCUT2D eigenvalue weighted by molar-refractivity contribution is -0.160. The van der Waals surface area contributed by atoms with Crippen molar-refractivity contribution in [2.45, 2.75) is 161 Å². The number of carbonyl (C=O) groups is 1. The molecule has 0 heterocycles. The summed E-state index contributed by atoms with van der Waals surface area (Å²) in [6, 6.07) is 0. The van der Waals surface area contributed by atoms with E-state index in [4.69, 9.17) is 18.9 Å². The summed E-state index contributed by atoms with van der Waals surface area (Å²) in [5.74, 6) is 7.45. The maximum absolute atomic E-state index is 12.7. The van der Waals surface area contributed by atoms with Gasteiger partial charge in [-0.15, -0.1) is 0 Å². The summed E-state index contributed by atoms with van der Waals surface area (Å²) in [7, 11) is 1.77. The molecule has 0 aromatic rings. The van der Waals surface area contributed by atoms with Crippen LogP contribution in [0.1, 0.15) is 155 Å². The minimum Gasteiger partial charge on any atom is -0.466 e. The van der Waals surface area contributed by atoms with Crippen molar-refractivity contribution in [3.05, 3.63) is 0 Å². The summed E-state index contributed by atoms with van der Waals surface area (Å²) in [5, 5.41) is 9.19. The van der Waals surface area contributed by atoms with Crippen LogP contribution in [0, 0.1) is 47.3 Å². The van der Waals surface area contributed by atoms with Gasteiger partial charge in [0.05, 0.1) is 26.2 Å². The number of esters is 1. The molecule has 0 aromatic heterocycles. The van der Waals surface area contributed by atoms with E-state index < -0.39 is 0 Å². The third kappa shape index (κ3) is 17.9. The van der Waals surface area contributed by atoms with E-state index in [2.05, 4.69) is 18.7 Å². The van der Waals surface area contributed by atoms with E-state index in [0.29, 0.717) is 19.4 Å². The van der Waals surface area contributed by atoms with Crippen molar-refractivity contribution >= 4 is 5.97 Å². The number of hydrogen-bond donors (Lipinski definition) is 1. The highest BCUT2D eigenvalue weighted by Crippen LogP contribution is 2.54. The molecule has 0 aliphatic heterocycles. The lowest BCUT2D eigenvalue weighted by atomic mass is 10.1. The number of carbonyl (C=O) groups excluding carboxylic acids is 1. The summed E-state index contributed by atoms with van der Waals surface area (Å²) in [4.78, 5) is 15.2. The SMILES string of the molecule is CCC1CC1CC1CC1CCOC(CCC(=O)OCCCCCCN(CCCCO)CCCCCCOC)OCCC1CC1CC1CC1CC. The molecule has 4 rings (SSSR count). The number of aliphatic hydroxyl groups excluding tert-OH is 1. The fraction of sp³-hybridized carbons (Fsp3) is 0.977. The molecule has 292 valence electrons. The van der Waals surface area contributed by atoms with Gasteiger partial charge in [0.2, 0.25) is 0 Å². The van der Waals surface area contributed by atoms with Crippen molar-refractivity contribution in [2.75, 3.05) is 59.8 Å². The monoisotopic (exact) mass is 706 g/mol. The molecule has 0 amide bonds. The highest BCUT2D eigenvalue weighted by molar-refractivity contribution is 5.69. The van der Waals surface area contributed by atoms with E-state index in [1.807, 2.05) is 0 Å². The van der Waals surface area contributed by atoms with Gasteiger partial charge < -0.3 is 29.0 Å². The van der Waals surface area contributed by atoms with Crippen LogP contribution in [-0.2, 0) is 23.7 Å². The predicted molar refractivity (Wildman–Crippen MR) is 203 cm³/mol. The third-order valence-corrected chi connectivity index (χ3v) is 12.8. The molecule has 7 heteroatoms. The largest absolute Gasteiger partial charge is 0.466 e. The number of aliphatic hydroxyl groups is 1. The van der Waals surface area contributed by atoms with E-state index in [1.165, 1.54) is 77.0 Å². The van der Waals surface area contributed by atoms with Gasteiger partial charge in [-0.1, -0.05) is 52.4 Å². The molecule has 4 fully saturated rings. The zero-order chi connectivity index (χ0) is 35.4. The molecule has 8 atom stereocenters. The first-order valence-electron chi connectivity index (χ1n) is 21.7. The fourth-order valence-corrected chi connectivity index (χ4v) is 8.80. The van der Waals surface area contributed by atoms with Crippen molar-refractivity contribution in [1.29, 1.82) is 0 Å². The van der Waals surface area contributed by atoms with Gasteiger partial charge in [-0.2, -0.15) is 0 Å². The van der Waals surface area contributed by atoms with Gasteiger partial charge in [-0.3, -0.25) is 4.79 Å². The second kappa shape index (κ2) is 24.6. The zero-order valence-corrected chi connectivity index (χ0v) is 32.8. The number of unbranched alkanes of at least 4 members (excludes halogenated alkanes) is 7. The highest BCUT2D eigenvalue weighted by Gasteiger charge is 2.45. The van der Waals surface area contributed by atoms with Crippen LogP contribution in [-0.4, -0.2) is 82.0 Å². The Labute approximate surface area is 307 Å². The molecule has 4 aliphatic rings. The standard InChI is InChI=1S/C43H79NO6/c1-4-34-28-38(34)32-40-30-36(40)18-26-49-43(50-27-19-37-31-41(37)33-39-29-35(39)5-2)17-16-42(46)48-25-15-9-7-11-21-44(22-12-13-23-45)20-10-6-8-14-24-47-3/h34-41,43,45H,4-33H2,1-3H3. The smallest absolute Gasteiger partial charge is 0.305 e. The topological polar surface area (TPSA) is 77.5 Å². The van der Waals surface area contributed by atoms with Gasteiger partial charge >= 0.3 is 5.97 Å². The van der Waals surface area contributed by atoms with Crippen molar-refractivity contribution in [2.24, 2.45) is 47.3 Å².